The van der Waals surface area contributed by atoms with Crippen molar-refractivity contribution in [3.8, 4) is 0 Å². The van der Waals surface area contributed by atoms with E-state index in [1.807, 2.05) is 31.2 Å². The minimum atomic E-state index is -2.10. The third-order valence-electron chi connectivity index (χ3n) is 2.61. The zero-order chi connectivity index (χ0) is 10.2. The van der Waals surface area contributed by atoms with E-state index < -0.39 is 9.73 Å². The van der Waals surface area contributed by atoms with Gasteiger partial charge in [0.15, 0.2) is 0 Å². The number of benzene rings is 1. The van der Waals surface area contributed by atoms with Crippen LogP contribution in [0, 0.1) is 6.92 Å². The van der Waals surface area contributed by atoms with Crippen molar-refractivity contribution in [2.24, 2.45) is 4.36 Å². The first-order valence-corrected chi connectivity index (χ1v) is 6.45. The van der Waals surface area contributed by atoms with Crippen molar-refractivity contribution in [2.75, 3.05) is 7.05 Å². The molecule has 1 aromatic rings. The Morgan fingerprint density at radius 2 is 1.86 bits per heavy atom. The van der Waals surface area contributed by atoms with Crippen LogP contribution in [0.15, 0.2) is 33.5 Å². The lowest BCUT2D eigenvalue weighted by Gasteiger charge is -2.07. The first-order chi connectivity index (χ1) is 6.66. The summed E-state index contributed by atoms with van der Waals surface area (Å²) in [5, 5.41) is 0.301. The van der Waals surface area contributed by atoms with Crippen molar-refractivity contribution in [1.82, 2.24) is 0 Å². The van der Waals surface area contributed by atoms with E-state index in [1.54, 1.807) is 7.05 Å². The molecule has 0 bridgehead atoms. The van der Waals surface area contributed by atoms with Gasteiger partial charge >= 0.3 is 0 Å². The number of aryl methyl sites for hydroxylation is 1. The first kappa shape index (κ1) is 9.71. The first-order valence-electron chi connectivity index (χ1n) is 4.87. The smallest absolute Gasteiger partial charge is 0.0778 e. The highest BCUT2D eigenvalue weighted by molar-refractivity contribution is 7.94. The van der Waals surface area contributed by atoms with E-state index >= 15 is 0 Å². The molecule has 2 nitrogen and oxygen atoms in total. The summed E-state index contributed by atoms with van der Waals surface area (Å²) < 4.78 is 16.6. The van der Waals surface area contributed by atoms with E-state index in [2.05, 4.69) is 4.36 Å². The Bertz CT molecular complexity index is 437. The Morgan fingerprint density at radius 3 is 2.29 bits per heavy atom. The van der Waals surface area contributed by atoms with Crippen molar-refractivity contribution >= 4 is 9.73 Å². The Hall–Kier alpha value is -0.830. The minimum Gasteiger partial charge on any atom is -0.244 e. The molecule has 14 heavy (non-hydrogen) atoms. The molecule has 0 saturated heterocycles. The molecule has 0 radical (unpaired) electrons. The standard InChI is InChI=1S/C11H15NOS/c1-9-3-5-10(6-4-9)14(13,12-2)11-7-8-11/h3-6,11H,7-8H2,1-2H3. The minimum absolute atomic E-state index is 0.301. The van der Waals surface area contributed by atoms with Gasteiger partial charge in [-0.3, -0.25) is 0 Å². The summed E-state index contributed by atoms with van der Waals surface area (Å²) in [6.07, 6.45) is 2.12. The molecule has 1 fully saturated rings. The van der Waals surface area contributed by atoms with Crippen molar-refractivity contribution < 1.29 is 4.21 Å². The molecule has 0 spiro atoms. The van der Waals surface area contributed by atoms with Crippen LogP contribution in [0.3, 0.4) is 0 Å². The van der Waals surface area contributed by atoms with E-state index in [-0.39, 0.29) is 0 Å². The molecule has 1 unspecified atom stereocenters. The molecule has 2 rings (SSSR count). The second-order valence-corrected chi connectivity index (χ2v) is 6.40. The largest absolute Gasteiger partial charge is 0.244 e. The second-order valence-electron chi connectivity index (χ2n) is 3.76. The number of nitrogens with zero attached hydrogens (tertiary/aromatic N) is 1. The zero-order valence-corrected chi connectivity index (χ0v) is 9.38. The molecule has 1 aliphatic rings. The van der Waals surface area contributed by atoms with Crippen LogP contribution in [-0.2, 0) is 9.73 Å². The number of hydrogen-bond donors (Lipinski definition) is 0. The Labute approximate surface area is 85.5 Å². The van der Waals surface area contributed by atoms with Crippen LogP contribution in [0.4, 0.5) is 0 Å². The van der Waals surface area contributed by atoms with Gasteiger partial charge in [-0.1, -0.05) is 17.7 Å². The molecule has 0 amide bonds. The molecule has 3 heteroatoms. The predicted octanol–water partition coefficient (Wildman–Crippen LogP) is 2.61. The lowest BCUT2D eigenvalue weighted by molar-refractivity contribution is 0.675. The van der Waals surface area contributed by atoms with Crippen LogP contribution >= 0.6 is 0 Å². The van der Waals surface area contributed by atoms with Gasteiger partial charge in [0, 0.05) is 17.2 Å². The van der Waals surface area contributed by atoms with Gasteiger partial charge < -0.3 is 0 Å². The average molecular weight is 209 g/mol. The van der Waals surface area contributed by atoms with Crippen LogP contribution in [-0.4, -0.2) is 16.5 Å². The molecule has 1 aromatic carbocycles. The van der Waals surface area contributed by atoms with E-state index in [0.29, 0.717) is 5.25 Å². The molecule has 0 heterocycles. The predicted molar refractivity (Wildman–Crippen MR) is 59.0 cm³/mol. The average Bonchev–Trinajstić information content (AvgIpc) is 3.01. The highest BCUT2D eigenvalue weighted by Gasteiger charge is 2.34. The van der Waals surface area contributed by atoms with Gasteiger partial charge in [0.05, 0.1) is 9.73 Å². The van der Waals surface area contributed by atoms with Crippen molar-refractivity contribution in [1.29, 1.82) is 0 Å². The summed E-state index contributed by atoms with van der Waals surface area (Å²) in [4.78, 5) is 0.896. The van der Waals surface area contributed by atoms with Gasteiger partial charge in [-0.2, -0.15) is 0 Å². The van der Waals surface area contributed by atoms with Crippen LogP contribution in [0.2, 0.25) is 0 Å². The topological polar surface area (TPSA) is 29.4 Å². The summed E-state index contributed by atoms with van der Waals surface area (Å²) in [6, 6.07) is 7.90. The summed E-state index contributed by atoms with van der Waals surface area (Å²) in [6.45, 7) is 2.03. The van der Waals surface area contributed by atoms with Gasteiger partial charge in [-0.25, -0.2) is 8.57 Å². The Balaban J connectivity index is 2.47. The number of hydrogen-bond acceptors (Lipinski definition) is 2. The molecule has 1 aliphatic carbocycles. The van der Waals surface area contributed by atoms with Crippen LogP contribution in [0.1, 0.15) is 18.4 Å². The van der Waals surface area contributed by atoms with Crippen LogP contribution in [0.25, 0.3) is 0 Å². The second kappa shape index (κ2) is 3.39. The van der Waals surface area contributed by atoms with Gasteiger partial charge in [0.2, 0.25) is 0 Å². The zero-order valence-electron chi connectivity index (χ0n) is 8.56. The third kappa shape index (κ3) is 1.57. The van der Waals surface area contributed by atoms with E-state index in [4.69, 9.17) is 0 Å². The maximum absolute atomic E-state index is 12.5. The molecular formula is C11H15NOS. The Kier molecular flexibility index (Phi) is 2.35. The SMILES string of the molecule is CN=S(=O)(c1ccc(C)cc1)C1CC1. The molecule has 0 aliphatic heterocycles. The highest BCUT2D eigenvalue weighted by atomic mass is 32.2. The molecule has 0 N–H and O–H groups in total. The van der Waals surface area contributed by atoms with Crippen molar-refractivity contribution in [3.05, 3.63) is 29.8 Å². The highest BCUT2D eigenvalue weighted by Crippen LogP contribution is 2.35. The number of rotatable bonds is 2. The summed E-state index contributed by atoms with van der Waals surface area (Å²) >= 11 is 0. The summed E-state index contributed by atoms with van der Waals surface area (Å²) in [7, 11) is -0.436. The summed E-state index contributed by atoms with van der Waals surface area (Å²) in [5.41, 5.74) is 1.20. The normalized spacial score (nSPS) is 20.1. The van der Waals surface area contributed by atoms with Gasteiger partial charge in [0.1, 0.15) is 0 Å². The maximum Gasteiger partial charge on any atom is 0.0778 e. The molecule has 0 aromatic heterocycles. The third-order valence-corrected chi connectivity index (χ3v) is 5.47. The summed E-state index contributed by atoms with van der Waals surface area (Å²) in [5.74, 6) is 0. The fourth-order valence-corrected chi connectivity index (χ4v) is 3.76. The van der Waals surface area contributed by atoms with Gasteiger partial charge in [0.25, 0.3) is 0 Å². The lowest BCUT2D eigenvalue weighted by Crippen LogP contribution is -2.06. The fourth-order valence-electron chi connectivity index (χ4n) is 1.57. The Morgan fingerprint density at radius 1 is 1.29 bits per heavy atom. The van der Waals surface area contributed by atoms with Crippen molar-refractivity contribution in [3.63, 3.8) is 0 Å². The van der Waals surface area contributed by atoms with E-state index in [9.17, 15) is 4.21 Å². The molecule has 1 atom stereocenters. The quantitative estimate of drug-likeness (QED) is 0.736. The van der Waals surface area contributed by atoms with Crippen LogP contribution in [0.5, 0.6) is 0 Å². The molecule has 1 saturated carbocycles. The van der Waals surface area contributed by atoms with E-state index in [1.165, 1.54) is 5.56 Å². The van der Waals surface area contributed by atoms with Gasteiger partial charge in [-0.05, 0) is 31.9 Å². The lowest BCUT2D eigenvalue weighted by atomic mass is 10.2. The fraction of sp³-hybridized carbons (Fsp3) is 0.455. The maximum atomic E-state index is 12.5. The molecular weight excluding hydrogens is 194 g/mol. The monoisotopic (exact) mass is 209 g/mol. The van der Waals surface area contributed by atoms with Crippen LogP contribution < -0.4 is 0 Å². The van der Waals surface area contributed by atoms with E-state index in [0.717, 1.165) is 17.7 Å². The van der Waals surface area contributed by atoms with Gasteiger partial charge in [-0.15, -0.1) is 0 Å². The molecule has 76 valence electrons. The van der Waals surface area contributed by atoms with Crippen molar-refractivity contribution in [2.45, 2.75) is 29.9 Å².